The first-order valence-electron chi connectivity index (χ1n) is 6.84. The first kappa shape index (κ1) is 12.4. The number of furan rings is 1. The number of para-hydroxylation sites is 1. The molecule has 1 atom stereocenters. The molecular formula is C16H14BrNO2. The summed E-state index contributed by atoms with van der Waals surface area (Å²) >= 11 is 3.55. The molecule has 0 bridgehead atoms. The first-order chi connectivity index (χ1) is 9.74. The molecule has 0 aliphatic carbocycles. The third-order valence-electron chi connectivity index (χ3n) is 3.86. The van der Waals surface area contributed by atoms with E-state index in [2.05, 4.69) is 33.0 Å². The lowest BCUT2D eigenvalue weighted by atomic mass is 10.0. The number of nitrogens with zero attached hydrogens (tertiary/aromatic N) is 1. The van der Waals surface area contributed by atoms with Gasteiger partial charge in [0, 0.05) is 17.7 Å². The molecule has 4 rings (SSSR count). The van der Waals surface area contributed by atoms with Crippen molar-refractivity contribution in [1.29, 1.82) is 0 Å². The van der Waals surface area contributed by atoms with E-state index in [4.69, 9.17) is 9.15 Å². The highest BCUT2D eigenvalue weighted by molar-refractivity contribution is 9.10. The molecule has 3 heterocycles. The molecule has 0 amide bonds. The summed E-state index contributed by atoms with van der Waals surface area (Å²) in [7, 11) is 0. The predicted molar refractivity (Wildman–Crippen MR) is 81.9 cm³/mol. The van der Waals surface area contributed by atoms with Gasteiger partial charge in [-0.1, -0.05) is 12.1 Å². The van der Waals surface area contributed by atoms with Gasteiger partial charge in [-0.15, -0.1) is 0 Å². The van der Waals surface area contributed by atoms with Crippen LogP contribution < -0.4 is 0 Å². The average Bonchev–Trinajstić information content (AvgIpc) is 3.05. The summed E-state index contributed by atoms with van der Waals surface area (Å²) in [5.74, 6) is 0. The molecule has 0 spiro atoms. The van der Waals surface area contributed by atoms with Gasteiger partial charge in [0.25, 0.3) is 0 Å². The van der Waals surface area contributed by atoms with E-state index < -0.39 is 0 Å². The summed E-state index contributed by atoms with van der Waals surface area (Å²) < 4.78 is 12.8. The zero-order valence-corrected chi connectivity index (χ0v) is 12.7. The van der Waals surface area contributed by atoms with Crippen molar-refractivity contribution in [1.82, 2.24) is 4.98 Å². The molecule has 0 radical (unpaired) electrons. The maximum Gasteiger partial charge on any atom is 0.227 e. The van der Waals surface area contributed by atoms with Crippen molar-refractivity contribution < 1.29 is 9.15 Å². The fraction of sp³-hybridized carbons (Fsp3) is 0.312. The van der Waals surface area contributed by atoms with Crippen LogP contribution >= 0.6 is 15.9 Å². The van der Waals surface area contributed by atoms with Crippen molar-refractivity contribution in [2.45, 2.75) is 25.9 Å². The van der Waals surface area contributed by atoms with E-state index in [0.29, 0.717) is 5.71 Å². The topological polar surface area (TPSA) is 35.3 Å². The van der Waals surface area contributed by atoms with Crippen molar-refractivity contribution in [3.05, 3.63) is 40.0 Å². The fourth-order valence-corrected chi connectivity index (χ4v) is 3.44. The third-order valence-corrected chi connectivity index (χ3v) is 4.48. The van der Waals surface area contributed by atoms with E-state index in [1.165, 1.54) is 5.56 Å². The molecule has 0 N–H and O–H groups in total. The standard InChI is InChI=1S/C16H14BrNO2/c1-9-8-11(13-6-3-7-19-13)14-10-4-2-5-12(17)15(10)20-16(14)18-9/h2,4-5,8,13H,3,6-7H2,1H3. The summed E-state index contributed by atoms with van der Waals surface area (Å²) in [6.45, 7) is 2.84. The Bertz CT molecular complexity index is 803. The molecule has 3 aromatic rings. The molecule has 1 aromatic carbocycles. The Morgan fingerprint density at radius 2 is 2.25 bits per heavy atom. The van der Waals surface area contributed by atoms with Gasteiger partial charge in [0.15, 0.2) is 5.58 Å². The van der Waals surface area contributed by atoms with Gasteiger partial charge < -0.3 is 9.15 Å². The minimum atomic E-state index is 0.166. The molecule has 2 aromatic heterocycles. The summed E-state index contributed by atoms with van der Waals surface area (Å²) in [4.78, 5) is 4.54. The second-order valence-electron chi connectivity index (χ2n) is 5.25. The molecule has 102 valence electrons. The second kappa shape index (κ2) is 4.57. The smallest absolute Gasteiger partial charge is 0.227 e. The van der Waals surface area contributed by atoms with Gasteiger partial charge >= 0.3 is 0 Å². The summed E-state index contributed by atoms with van der Waals surface area (Å²) in [5, 5.41) is 2.20. The van der Waals surface area contributed by atoms with Crippen LogP contribution in [0.15, 0.2) is 33.2 Å². The Morgan fingerprint density at radius 3 is 3.05 bits per heavy atom. The normalized spacial score (nSPS) is 19.2. The lowest BCUT2D eigenvalue weighted by Gasteiger charge is -2.11. The molecule has 1 aliphatic rings. The molecule has 3 nitrogen and oxygen atoms in total. The zero-order valence-electron chi connectivity index (χ0n) is 11.1. The van der Waals surface area contributed by atoms with Crippen LogP contribution in [0.25, 0.3) is 22.1 Å². The highest BCUT2D eigenvalue weighted by Crippen LogP contribution is 2.40. The van der Waals surface area contributed by atoms with E-state index in [1.54, 1.807) is 0 Å². The molecule has 1 aliphatic heterocycles. The Kier molecular flexibility index (Phi) is 2.82. The number of aryl methyl sites for hydroxylation is 1. The van der Waals surface area contributed by atoms with Gasteiger partial charge in [-0.3, -0.25) is 0 Å². The van der Waals surface area contributed by atoms with Crippen LogP contribution in [-0.2, 0) is 4.74 Å². The number of hydrogen-bond donors (Lipinski definition) is 0. The third kappa shape index (κ3) is 1.79. The lowest BCUT2D eigenvalue weighted by molar-refractivity contribution is 0.113. The second-order valence-corrected chi connectivity index (χ2v) is 6.11. The van der Waals surface area contributed by atoms with E-state index in [9.17, 15) is 0 Å². The Labute approximate surface area is 125 Å². The molecular weight excluding hydrogens is 318 g/mol. The number of halogens is 1. The number of fused-ring (bicyclic) bond motifs is 3. The summed E-state index contributed by atoms with van der Waals surface area (Å²) in [6, 6.07) is 8.24. The molecule has 1 unspecified atom stereocenters. The van der Waals surface area contributed by atoms with Crippen LogP contribution in [-0.4, -0.2) is 11.6 Å². The van der Waals surface area contributed by atoms with Gasteiger partial charge in [0.1, 0.15) is 0 Å². The SMILES string of the molecule is Cc1cc(C2CCCO2)c2c(n1)oc1c(Br)cccc12. The van der Waals surface area contributed by atoms with Crippen molar-refractivity contribution in [2.24, 2.45) is 0 Å². The average molecular weight is 332 g/mol. The quantitative estimate of drug-likeness (QED) is 0.635. The highest BCUT2D eigenvalue weighted by atomic mass is 79.9. The van der Waals surface area contributed by atoms with Gasteiger partial charge in [0.2, 0.25) is 5.71 Å². The van der Waals surface area contributed by atoms with Crippen LogP contribution in [0.4, 0.5) is 0 Å². The number of benzene rings is 1. The van der Waals surface area contributed by atoms with Crippen LogP contribution in [0, 0.1) is 6.92 Å². The van der Waals surface area contributed by atoms with Crippen molar-refractivity contribution in [2.75, 3.05) is 6.61 Å². The molecule has 20 heavy (non-hydrogen) atoms. The number of aromatic nitrogens is 1. The van der Waals surface area contributed by atoms with Crippen LogP contribution in [0.5, 0.6) is 0 Å². The maximum atomic E-state index is 5.95. The van der Waals surface area contributed by atoms with E-state index in [1.807, 2.05) is 19.1 Å². The van der Waals surface area contributed by atoms with Crippen LogP contribution in [0.3, 0.4) is 0 Å². The lowest BCUT2D eigenvalue weighted by Crippen LogP contribution is -1.98. The first-order valence-corrected chi connectivity index (χ1v) is 7.63. The minimum absolute atomic E-state index is 0.166. The monoisotopic (exact) mass is 331 g/mol. The van der Waals surface area contributed by atoms with Crippen molar-refractivity contribution in [3.63, 3.8) is 0 Å². The van der Waals surface area contributed by atoms with Gasteiger partial charge in [0.05, 0.1) is 16.0 Å². The molecule has 1 saturated heterocycles. The zero-order chi connectivity index (χ0) is 13.7. The Morgan fingerprint density at radius 1 is 1.35 bits per heavy atom. The number of hydrogen-bond acceptors (Lipinski definition) is 3. The van der Waals surface area contributed by atoms with Crippen molar-refractivity contribution >= 4 is 38.0 Å². The number of ether oxygens (including phenoxy) is 1. The number of pyridine rings is 1. The molecule has 1 fully saturated rings. The van der Waals surface area contributed by atoms with E-state index >= 15 is 0 Å². The van der Waals surface area contributed by atoms with Gasteiger partial charge in [-0.05, 0) is 53.4 Å². The predicted octanol–water partition coefficient (Wildman–Crippen LogP) is 4.90. The van der Waals surface area contributed by atoms with E-state index in [-0.39, 0.29) is 6.10 Å². The van der Waals surface area contributed by atoms with Crippen LogP contribution in [0.2, 0.25) is 0 Å². The Balaban J connectivity index is 2.11. The number of rotatable bonds is 1. The summed E-state index contributed by atoms with van der Waals surface area (Å²) in [5.41, 5.74) is 3.75. The van der Waals surface area contributed by atoms with Crippen molar-refractivity contribution in [3.8, 4) is 0 Å². The fourth-order valence-electron chi connectivity index (χ4n) is 3.00. The van der Waals surface area contributed by atoms with Crippen LogP contribution in [0.1, 0.15) is 30.2 Å². The van der Waals surface area contributed by atoms with E-state index in [0.717, 1.165) is 46.0 Å². The van der Waals surface area contributed by atoms with Gasteiger partial charge in [-0.25, -0.2) is 4.98 Å². The highest BCUT2D eigenvalue weighted by Gasteiger charge is 2.24. The largest absolute Gasteiger partial charge is 0.436 e. The Hall–Kier alpha value is -1.39. The maximum absolute atomic E-state index is 5.95. The molecule has 0 saturated carbocycles. The summed E-state index contributed by atoms with van der Waals surface area (Å²) in [6.07, 6.45) is 2.35. The van der Waals surface area contributed by atoms with Gasteiger partial charge in [-0.2, -0.15) is 0 Å². The minimum Gasteiger partial charge on any atom is -0.436 e. The molecule has 4 heteroatoms.